The summed E-state index contributed by atoms with van der Waals surface area (Å²) in [5, 5.41) is 9.24. The Morgan fingerprint density at radius 1 is 1.14 bits per heavy atom. The van der Waals surface area contributed by atoms with E-state index in [0.29, 0.717) is 6.54 Å². The van der Waals surface area contributed by atoms with E-state index in [9.17, 15) is 13.2 Å². The molecule has 0 spiro atoms. The van der Waals surface area contributed by atoms with Crippen LogP contribution in [0.3, 0.4) is 0 Å². The molecule has 9 heteroatoms. The molecule has 0 radical (unpaired) electrons. The van der Waals surface area contributed by atoms with E-state index in [1.807, 2.05) is 0 Å². The van der Waals surface area contributed by atoms with Gasteiger partial charge in [0, 0.05) is 23.1 Å². The number of likely N-dealkylation sites (N-methyl/N-ethyl adjacent to an activating group) is 1. The Bertz CT molecular complexity index is 599. The van der Waals surface area contributed by atoms with E-state index >= 15 is 0 Å². The third-order valence-corrected chi connectivity index (χ3v) is 4.84. The summed E-state index contributed by atoms with van der Waals surface area (Å²) >= 11 is 11.6. The summed E-state index contributed by atoms with van der Waals surface area (Å²) in [6.07, 6.45) is 0. The van der Waals surface area contributed by atoms with Crippen molar-refractivity contribution in [2.45, 2.75) is 4.90 Å². The van der Waals surface area contributed by atoms with Crippen LogP contribution >= 0.6 is 23.2 Å². The molecule has 0 aromatic heterocycles. The molecule has 6 nitrogen and oxygen atoms in total. The molecule has 0 aliphatic rings. The van der Waals surface area contributed by atoms with E-state index < -0.39 is 22.5 Å². The van der Waals surface area contributed by atoms with Gasteiger partial charge in [-0.25, -0.2) is 8.42 Å². The minimum absolute atomic E-state index is 0.0474. The molecule has 0 aliphatic carbocycles. The minimum atomic E-state index is -3.98. The number of sulfonamides is 1. The largest absolute Gasteiger partial charge is 0.480 e. The van der Waals surface area contributed by atoms with E-state index in [2.05, 4.69) is 0 Å². The van der Waals surface area contributed by atoms with Crippen molar-refractivity contribution in [2.75, 3.05) is 33.7 Å². The number of carbonyl (C=O) groups is 1. The van der Waals surface area contributed by atoms with Crippen molar-refractivity contribution in [2.24, 2.45) is 0 Å². The second kappa shape index (κ2) is 7.42. The molecule has 0 atom stereocenters. The first kappa shape index (κ1) is 18.2. The Morgan fingerprint density at radius 3 is 2.10 bits per heavy atom. The third-order valence-electron chi connectivity index (χ3n) is 2.58. The van der Waals surface area contributed by atoms with Gasteiger partial charge >= 0.3 is 5.97 Å². The van der Waals surface area contributed by atoms with E-state index in [0.717, 1.165) is 4.31 Å². The van der Waals surface area contributed by atoms with Crippen LogP contribution in [-0.4, -0.2) is 62.4 Å². The summed E-state index contributed by atoms with van der Waals surface area (Å²) in [4.78, 5) is 12.5. The van der Waals surface area contributed by atoms with Gasteiger partial charge < -0.3 is 10.0 Å². The van der Waals surface area contributed by atoms with Crippen LogP contribution in [0.5, 0.6) is 0 Å². The van der Waals surface area contributed by atoms with Gasteiger partial charge in [-0.05, 0) is 32.3 Å². The minimum Gasteiger partial charge on any atom is -0.480 e. The molecule has 0 fully saturated rings. The second-order valence-corrected chi connectivity index (χ2v) is 7.45. The zero-order valence-corrected chi connectivity index (χ0v) is 13.9. The number of aliphatic carboxylic acids is 1. The normalized spacial score (nSPS) is 12.1. The first-order valence-corrected chi connectivity index (χ1v) is 8.15. The third kappa shape index (κ3) is 5.44. The van der Waals surface area contributed by atoms with E-state index in [-0.39, 0.29) is 21.5 Å². The summed E-state index contributed by atoms with van der Waals surface area (Å²) in [6.45, 7) is -0.188. The number of hydrogen-bond acceptors (Lipinski definition) is 4. The number of nitrogens with zero attached hydrogens (tertiary/aromatic N) is 2. The Morgan fingerprint density at radius 2 is 1.67 bits per heavy atom. The van der Waals surface area contributed by atoms with Crippen molar-refractivity contribution < 1.29 is 18.3 Å². The molecule has 0 aliphatic heterocycles. The lowest BCUT2D eigenvalue weighted by Gasteiger charge is -2.22. The number of carboxylic acids is 1. The van der Waals surface area contributed by atoms with Crippen LogP contribution < -0.4 is 0 Å². The molecular weight excluding hydrogens is 339 g/mol. The molecule has 0 amide bonds. The summed E-state index contributed by atoms with van der Waals surface area (Å²) < 4.78 is 25.9. The molecule has 118 valence electrons. The van der Waals surface area contributed by atoms with Crippen LogP contribution in [0.25, 0.3) is 0 Å². The first-order valence-electron chi connectivity index (χ1n) is 5.95. The fourth-order valence-electron chi connectivity index (χ4n) is 1.57. The van der Waals surface area contributed by atoms with Crippen LogP contribution in [0, 0.1) is 0 Å². The average molecular weight is 355 g/mol. The number of rotatable bonds is 7. The van der Waals surface area contributed by atoms with Gasteiger partial charge in [0.1, 0.15) is 6.54 Å². The zero-order valence-electron chi connectivity index (χ0n) is 11.6. The van der Waals surface area contributed by atoms with Crippen molar-refractivity contribution in [3.05, 3.63) is 28.2 Å². The predicted octanol–water partition coefficient (Wildman–Crippen LogP) is 1.63. The highest BCUT2D eigenvalue weighted by Crippen LogP contribution is 2.24. The Balaban J connectivity index is 3.15. The zero-order chi connectivity index (χ0) is 16.2. The monoisotopic (exact) mass is 354 g/mol. The molecule has 0 heterocycles. The number of benzene rings is 1. The smallest absolute Gasteiger partial charge is 0.318 e. The highest BCUT2D eigenvalue weighted by molar-refractivity contribution is 7.89. The topological polar surface area (TPSA) is 77.9 Å². The van der Waals surface area contributed by atoms with Crippen molar-refractivity contribution in [1.82, 2.24) is 9.21 Å². The second-order valence-electron chi connectivity index (χ2n) is 4.64. The van der Waals surface area contributed by atoms with Gasteiger partial charge in [0.15, 0.2) is 0 Å². The lowest BCUT2D eigenvalue weighted by Crippen LogP contribution is -2.39. The fraction of sp³-hybridized carbons (Fsp3) is 0.417. The average Bonchev–Trinajstić information content (AvgIpc) is 2.32. The fourth-order valence-corrected chi connectivity index (χ4v) is 3.68. The molecule has 1 aromatic rings. The Labute approximate surface area is 133 Å². The van der Waals surface area contributed by atoms with Crippen LogP contribution in [-0.2, 0) is 14.8 Å². The van der Waals surface area contributed by atoms with Gasteiger partial charge in [-0.15, -0.1) is 0 Å². The van der Waals surface area contributed by atoms with Crippen molar-refractivity contribution in [3.63, 3.8) is 0 Å². The summed E-state index contributed by atoms with van der Waals surface area (Å²) in [5.74, 6) is -1.23. The summed E-state index contributed by atoms with van der Waals surface area (Å²) in [5.41, 5.74) is 0. The molecule has 1 rings (SSSR count). The molecule has 21 heavy (non-hydrogen) atoms. The van der Waals surface area contributed by atoms with Crippen LogP contribution in [0.4, 0.5) is 0 Å². The maximum Gasteiger partial charge on any atom is 0.318 e. The molecule has 1 aromatic carbocycles. The van der Waals surface area contributed by atoms with Gasteiger partial charge in [0.2, 0.25) is 10.0 Å². The van der Waals surface area contributed by atoms with Crippen molar-refractivity contribution in [1.29, 1.82) is 0 Å². The lowest BCUT2D eigenvalue weighted by molar-refractivity contribution is -0.137. The number of halogens is 2. The van der Waals surface area contributed by atoms with E-state index in [1.54, 1.807) is 19.0 Å². The van der Waals surface area contributed by atoms with Crippen molar-refractivity contribution >= 4 is 39.2 Å². The van der Waals surface area contributed by atoms with Gasteiger partial charge in [-0.2, -0.15) is 4.31 Å². The van der Waals surface area contributed by atoms with E-state index in [4.69, 9.17) is 28.3 Å². The molecule has 0 saturated heterocycles. The first-order chi connectivity index (χ1) is 9.62. The van der Waals surface area contributed by atoms with E-state index in [1.165, 1.54) is 18.2 Å². The lowest BCUT2D eigenvalue weighted by atomic mass is 10.4. The number of carboxylic acid groups (broad SMARTS) is 1. The standard InChI is InChI=1S/C12H16Cl2N2O4S/c1-15(2)3-4-16(8-12(17)18)21(19,20)11-6-9(13)5-10(14)7-11/h5-7H,3-4,8H2,1-2H3,(H,17,18). The molecule has 1 N–H and O–H groups in total. The van der Waals surface area contributed by atoms with Crippen LogP contribution in [0.15, 0.2) is 23.1 Å². The number of hydrogen-bond donors (Lipinski definition) is 1. The molecule has 0 saturated carbocycles. The summed E-state index contributed by atoms with van der Waals surface area (Å²) in [7, 11) is -0.448. The van der Waals surface area contributed by atoms with Crippen LogP contribution in [0.2, 0.25) is 10.0 Å². The quantitative estimate of drug-likeness (QED) is 0.804. The Kier molecular flexibility index (Phi) is 6.42. The van der Waals surface area contributed by atoms with Crippen molar-refractivity contribution in [3.8, 4) is 0 Å². The highest BCUT2D eigenvalue weighted by Gasteiger charge is 2.27. The van der Waals surface area contributed by atoms with Gasteiger partial charge in [-0.3, -0.25) is 4.79 Å². The van der Waals surface area contributed by atoms with Crippen LogP contribution in [0.1, 0.15) is 0 Å². The van der Waals surface area contributed by atoms with Gasteiger partial charge in [0.05, 0.1) is 4.90 Å². The van der Waals surface area contributed by atoms with Gasteiger partial charge in [-0.1, -0.05) is 23.2 Å². The molecule has 0 unspecified atom stereocenters. The predicted molar refractivity (Wildman–Crippen MR) is 81.4 cm³/mol. The summed E-state index contributed by atoms with van der Waals surface area (Å²) in [6, 6.07) is 3.89. The maximum atomic E-state index is 12.5. The molecule has 0 bridgehead atoms. The van der Waals surface area contributed by atoms with Gasteiger partial charge in [0.25, 0.3) is 0 Å². The SMILES string of the molecule is CN(C)CCN(CC(=O)O)S(=O)(=O)c1cc(Cl)cc(Cl)c1. The maximum absolute atomic E-state index is 12.5. The Hall–Kier alpha value is -0.860. The highest BCUT2D eigenvalue weighted by atomic mass is 35.5. The molecular formula is C12H16Cl2N2O4S.